The summed E-state index contributed by atoms with van der Waals surface area (Å²) in [6, 6.07) is 0. The molecule has 0 aliphatic carbocycles. The summed E-state index contributed by atoms with van der Waals surface area (Å²) in [4.78, 5) is 13.5. The van der Waals surface area contributed by atoms with Crippen LogP contribution in [0, 0.1) is 5.92 Å². The van der Waals surface area contributed by atoms with Crippen LogP contribution in [0.3, 0.4) is 0 Å². The second kappa shape index (κ2) is 4.28. The minimum absolute atomic E-state index is 0.0634. The zero-order valence-corrected chi connectivity index (χ0v) is 9.25. The summed E-state index contributed by atoms with van der Waals surface area (Å²) in [6.07, 6.45) is 0. The molecule has 82 valence electrons. The molecule has 0 spiro atoms. The second-order valence-electron chi connectivity index (χ2n) is 4.79. The van der Waals surface area contributed by atoms with Crippen LogP contribution in [0.15, 0.2) is 0 Å². The average Bonchev–Trinajstić information content (AvgIpc) is 2.25. The Kier molecular flexibility index (Phi) is 3.50. The smallest absolute Gasteiger partial charge is 0.249 e. The molecule has 0 unspecified atom stereocenters. The molecule has 1 fully saturated rings. The molecule has 1 rings (SSSR count). The van der Waals surface area contributed by atoms with E-state index in [2.05, 4.69) is 0 Å². The van der Waals surface area contributed by atoms with Crippen molar-refractivity contribution in [2.24, 2.45) is 11.7 Å². The molecular weight excluding hydrogens is 180 g/mol. The summed E-state index contributed by atoms with van der Waals surface area (Å²) >= 11 is 0. The Morgan fingerprint density at radius 2 is 2.21 bits per heavy atom. The van der Waals surface area contributed by atoms with E-state index < -0.39 is 0 Å². The predicted molar refractivity (Wildman–Crippen MR) is 54.8 cm³/mol. The number of nitrogens with zero attached hydrogens (tertiary/aromatic N) is 1. The molecule has 2 N–H and O–H groups in total. The summed E-state index contributed by atoms with van der Waals surface area (Å²) < 4.78 is 5.26. The third-order valence-corrected chi connectivity index (χ3v) is 2.46. The molecule has 4 heteroatoms. The van der Waals surface area contributed by atoms with Crippen molar-refractivity contribution in [2.75, 3.05) is 26.3 Å². The lowest BCUT2D eigenvalue weighted by Gasteiger charge is -2.35. The van der Waals surface area contributed by atoms with Gasteiger partial charge >= 0.3 is 0 Å². The van der Waals surface area contributed by atoms with Gasteiger partial charge in [-0.3, -0.25) is 4.79 Å². The Hall–Kier alpha value is -0.610. The third kappa shape index (κ3) is 2.69. The van der Waals surface area contributed by atoms with E-state index in [0.29, 0.717) is 19.7 Å². The fourth-order valence-electron chi connectivity index (χ4n) is 1.59. The van der Waals surface area contributed by atoms with Gasteiger partial charge in [-0.15, -0.1) is 0 Å². The number of hydrogen-bond donors (Lipinski definition) is 1. The highest BCUT2D eigenvalue weighted by atomic mass is 16.5. The first-order valence-corrected chi connectivity index (χ1v) is 5.03. The zero-order chi connectivity index (χ0) is 10.8. The van der Waals surface area contributed by atoms with Crippen molar-refractivity contribution < 1.29 is 9.53 Å². The molecule has 1 aliphatic heterocycles. The molecule has 1 saturated heterocycles. The first-order valence-electron chi connectivity index (χ1n) is 5.03. The second-order valence-corrected chi connectivity index (χ2v) is 4.79. The van der Waals surface area contributed by atoms with Crippen molar-refractivity contribution in [3.05, 3.63) is 0 Å². The monoisotopic (exact) mass is 200 g/mol. The molecular formula is C10H20N2O2. The Morgan fingerprint density at radius 1 is 1.57 bits per heavy atom. The molecule has 0 aromatic carbocycles. The molecule has 1 aliphatic rings. The van der Waals surface area contributed by atoms with E-state index in [9.17, 15) is 4.79 Å². The molecule has 0 aromatic heterocycles. The number of ether oxygens (including phenoxy) is 1. The van der Waals surface area contributed by atoms with Crippen molar-refractivity contribution in [3.8, 4) is 0 Å². The van der Waals surface area contributed by atoms with E-state index in [-0.39, 0.29) is 24.0 Å². The maximum atomic E-state index is 11.7. The predicted octanol–water partition coefficient (Wildman–Crippen LogP) is 0.219. The van der Waals surface area contributed by atoms with Crippen LogP contribution in [0.1, 0.15) is 20.8 Å². The van der Waals surface area contributed by atoms with Gasteiger partial charge < -0.3 is 15.4 Å². The molecule has 0 saturated carbocycles. The first-order chi connectivity index (χ1) is 6.45. The maximum absolute atomic E-state index is 11.7. The van der Waals surface area contributed by atoms with Gasteiger partial charge in [0.15, 0.2) is 0 Å². The lowest BCUT2D eigenvalue weighted by molar-refractivity contribution is -0.138. The maximum Gasteiger partial charge on any atom is 0.249 e. The number of carbonyl (C=O) groups is 1. The van der Waals surface area contributed by atoms with Gasteiger partial charge in [-0.2, -0.15) is 0 Å². The van der Waals surface area contributed by atoms with E-state index in [1.807, 2.05) is 25.7 Å². The topological polar surface area (TPSA) is 55.6 Å². The van der Waals surface area contributed by atoms with E-state index in [0.717, 1.165) is 0 Å². The number of nitrogens with two attached hydrogens (primary N) is 1. The fraction of sp³-hybridized carbons (Fsp3) is 0.900. The minimum atomic E-state index is -0.141. The Balaban J connectivity index is 2.73. The van der Waals surface area contributed by atoms with Crippen LogP contribution >= 0.6 is 0 Å². The summed E-state index contributed by atoms with van der Waals surface area (Å²) in [5.74, 6) is 0.328. The van der Waals surface area contributed by atoms with Crippen LogP contribution in [0.4, 0.5) is 0 Å². The van der Waals surface area contributed by atoms with Crippen LogP contribution in [0.2, 0.25) is 0 Å². The fourth-order valence-corrected chi connectivity index (χ4v) is 1.59. The van der Waals surface area contributed by atoms with Gasteiger partial charge in [-0.25, -0.2) is 0 Å². The number of carbonyl (C=O) groups excluding carboxylic acids is 1. The molecule has 1 atom stereocenters. The van der Waals surface area contributed by atoms with Crippen molar-refractivity contribution >= 4 is 5.91 Å². The van der Waals surface area contributed by atoms with Crippen LogP contribution in [-0.4, -0.2) is 42.6 Å². The van der Waals surface area contributed by atoms with E-state index in [1.165, 1.54) is 0 Å². The lowest BCUT2D eigenvalue weighted by atomic mass is 10.0. The summed E-state index contributed by atoms with van der Waals surface area (Å²) in [6.45, 7) is 8.15. The third-order valence-electron chi connectivity index (χ3n) is 2.46. The molecule has 14 heavy (non-hydrogen) atoms. The largest absolute Gasteiger partial charge is 0.371 e. The van der Waals surface area contributed by atoms with Crippen LogP contribution in [0.25, 0.3) is 0 Å². The SMILES string of the molecule is CC(C)(C)N1C[C@@H](CN)COCC1=O. The van der Waals surface area contributed by atoms with Crippen molar-refractivity contribution in [3.63, 3.8) is 0 Å². The van der Waals surface area contributed by atoms with Gasteiger partial charge in [-0.05, 0) is 27.3 Å². The molecule has 1 heterocycles. The van der Waals surface area contributed by atoms with E-state index in [4.69, 9.17) is 10.5 Å². The van der Waals surface area contributed by atoms with Gasteiger partial charge in [0.1, 0.15) is 6.61 Å². The van der Waals surface area contributed by atoms with Gasteiger partial charge in [0, 0.05) is 18.0 Å². The quantitative estimate of drug-likeness (QED) is 0.658. The van der Waals surface area contributed by atoms with Gasteiger partial charge in [0.25, 0.3) is 0 Å². The van der Waals surface area contributed by atoms with Gasteiger partial charge in [-0.1, -0.05) is 0 Å². The Bertz CT molecular complexity index is 211. The first kappa shape index (κ1) is 11.5. The molecule has 0 aromatic rings. The van der Waals surface area contributed by atoms with Gasteiger partial charge in [0.05, 0.1) is 6.61 Å². The summed E-state index contributed by atoms with van der Waals surface area (Å²) in [5.41, 5.74) is 5.46. The van der Waals surface area contributed by atoms with E-state index in [1.54, 1.807) is 0 Å². The standard InChI is InChI=1S/C10H20N2O2/c1-10(2,3)12-5-8(4-11)6-14-7-9(12)13/h8H,4-7,11H2,1-3H3/t8-/m1/s1. The van der Waals surface area contributed by atoms with Gasteiger partial charge in [0.2, 0.25) is 5.91 Å². The number of hydrogen-bond acceptors (Lipinski definition) is 3. The number of amides is 1. The number of rotatable bonds is 1. The van der Waals surface area contributed by atoms with Crippen molar-refractivity contribution in [2.45, 2.75) is 26.3 Å². The van der Waals surface area contributed by atoms with E-state index >= 15 is 0 Å². The summed E-state index contributed by atoms with van der Waals surface area (Å²) in [7, 11) is 0. The van der Waals surface area contributed by atoms with Crippen LogP contribution < -0.4 is 5.73 Å². The Morgan fingerprint density at radius 3 is 2.71 bits per heavy atom. The highest BCUT2D eigenvalue weighted by Gasteiger charge is 2.30. The molecule has 0 radical (unpaired) electrons. The molecule has 4 nitrogen and oxygen atoms in total. The average molecular weight is 200 g/mol. The Labute approximate surface area is 85.4 Å². The highest BCUT2D eigenvalue weighted by molar-refractivity contribution is 5.78. The molecule has 1 amide bonds. The molecule has 0 bridgehead atoms. The minimum Gasteiger partial charge on any atom is -0.371 e. The zero-order valence-electron chi connectivity index (χ0n) is 9.25. The normalized spacial score (nSPS) is 25.0. The lowest BCUT2D eigenvalue weighted by Crippen LogP contribution is -2.48. The summed E-state index contributed by atoms with van der Waals surface area (Å²) in [5, 5.41) is 0. The highest BCUT2D eigenvalue weighted by Crippen LogP contribution is 2.18. The van der Waals surface area contributed by atoms with Crippen molar-refractivity contribution in [1.82, 2.24) is 4.90 Å². The van der Waals surface area contributed by atoms with Crippen LogP contribution in [-0.2, 0) is 9.53 Å². The van der Waals surface area contributed by atoms with Crippen molar-refractivity contribution in [1.29, 1.82) is 0 Å². The van der Waals surface area contributed by atoms with Crippen LogP contribution in [0.5, 0.6) is 0 Å².